The van der Waals surface area contributed by atoms with Crippen LogP contribution >= 0.6 is 11.6 Å². The molecule has 1 radical (unpaired) electrons. The van der Waals surface area contributed by atoms with Crippen LogP contribution in [0.5, 0.6) is 0 Å². The fourth-order valence-electron chi connectivity index (χ4n) is 0.0546. The molecule has 0 amide bonds. The van der Waals surface area contributed by atoms with Crippen molar-refractivity contribution in [2.45, 2.75) is 13.8 Å². The van der Waals surface area contributed by atoms with Crippen LogP contribution in [-0.4, -0.2) is 11.8 Å². The number of carbonyl (C=O) groups is 1. The van der Waals surface area contributed by atoms with E-state index >= 15 is 0 Å². The molecule has 0 spiro atoms. The quantitative estimate of drug-likeness (QED) is 0.525. The van der Waals surface area contributed by atoms with Gasteiger partial charge in [0.15, 0.2) is 0 Å². The molecule has 47 valence electrons. The molecule has 0 heterocycles. The minimum Gasteiger partial charge on any atom is -0.247 e. The summed E-state index contributed by atoms with van der Waals surface area (Å²) in [6.45, 7) is 3.05. The number of carbonyl (C=O) groups excluding carboxylic acids is 1. The molecule has 0 saturated heterocycles. The van der Waals surface area contributed by atoms with Crippen LogP contribution in [-0.2, 0) is 9.90 Å². The second kappa shape index (κ2) is 2.35. The highest BCUT2D eigenvalue weighted by Gasteiger charge is 2.27. The average molecular weight is 136 g/mol. The van der Waals surface area contributed by atoms with Gasteiger partial charge in [0, 0.05) is 5.88 Å². The lowest BCUT2D eigenvalue weighted by Gasteiger charge is -2.10. The zero-order valence-corrected chi connectivity index (χ0v) is 5.66. The smallest absolute Gasteiger partial charge is 0.247 e. The Hall–Kier alpha value is -0.240. The predicted molar refractivity (Wildman–Crippen MR) is 30.2 cm³/mol. The molecule has 0 atom stereocenters. The fourth-order valence-corrected chi connectivity index (χ4v) is 0.164. The zero-order valence-electron chi connectivity index (χ0n) is 4.90. The van der Waals surface area contributed by atoms with Crippen LogP contribution < -0.4 is 0 Å². The third kappa shape index (κ3) is 1.70. The molecule has 0 bridgehead atoms. The molecule has 2 nitrogen and oxygen atoms in total. The van der Waals surface area contributed by atoms with Gasteiger partial charge in [-0.1, -0.05) is 0 Å². The first-order chi connectivity index (χ1) is 3.50. The molecular weight excluding hydrogens is 128 g/mol. The third-order valence-electron chi connectivity index (χ3n) is 0.887. The Morgan fingerprint density at radius 1 is 1.62 bits per heavy atom. The molecule has 0 aromatic rings. The Kier molecular flexibility index (Phi) is 2.28. The van der Waals surface area contributed by atoms with Gasteiger partial charge in [-0.3, -0.25) is 0 Å². The molecule has 0 unspecified atom stereocenters. The van der Waals surface area contributed by atoms with Gasteiger partial charge >= 0.3 is 5.97 Å². The first-order valence-electron chi connectivity index (χ1n) is 2.28. The van der Waals surface area contributed by atoms with Crippen LogP contribution in [0.3, 0.4) is 0 Å². The van der Waals surface area contributed by atoms with Gasteiger partial charge in [0.2, 0.25) is 0 Å². The lowest BCUT2D eigenvalue weighted by atomic mass is 9.97. The standard InChI is InChI=1S/C5H8ClO2/c1-5(2,3-6)4(7)8/h3H2,1-2H3. The van der Waals surface area contributed by atoms with Crippen molar-refractivity contribution in [2.75, 3.05) is 5.88 Å². The lowest BCUT2D eigenvalue weighted by molar-refractivity contribution is -0.152. The molecule has 0 aromatic heterocycles. The Bertz CT molecular complexity index is 98.6. The summed E-state index contributed by atoms with van der Waals surface area (Å²) in [6, 6.07) is 0. The molecule has 0 aliphatic carbocycles. The summed E-state index contributed by atoms with van der Waals surface area (Å²) in [5.74, 6) is -1.01. The fraction of sp³-hybridized carbons (Fsp3) is 0.800. The summed E-state index contributed by atoms with van der Waals surface area (Å²) in [4.78, 5) is 10.1. The summed E-state index contributed by atoms with van der Waals surface area (Å²) in [6.07, 6.45) is 0. The minimum absolute atomic E-state index is 0.0926. The molecule has 0 aliphatic rings. The molecule has 0 fully saturated rings. The molecule has 0 saturated carbocycles. The molecule has 0 aromatic carbocycles. The highest BCUT2D eigenvalue weighted by molar-refractivity contribution is 6.19. The van der Waals surface area contributed by atoms with Crippen molar-refractivity contribution in [2.24, 2.45) is 5.41 Å². The maximum atomic E-state index is 10.1. The number of alkyl halides is 1. The largest absolute Gasteiger partial charge is 0.362 e. The van der Waals surface area contributed by atoms with E-state index in [1.165, 1.54) is 13.8 Å². The first kappa shape index (κ1) is 7.76. The van der Waals surface area contributed by atoms with Crippen molar-refractivity contribution in [1.82, 2.24) is 0 Å². The minimum atomic E-state index is -1.10. The Morgan fingerprint density at radius 3 is 2.00 bits per heavy atom. The highest BCUT2D eigenvalue weighted by Crippen LogP contribution is 2.16. The normalized spacial score (nSPS) is 11.4. The van der Waals surface area contributed by atoms with Crippen molar-refractivity contribution in [3.8, 4) is 0 Å². The van der Waals surface area contributed by atoms with E-state index in [-0.39, 0.29) is 5.88 Å². The van der Waals surface area contributed by atoms with Crippen molar-refractivity contribution in [3.63, 3.8) is 0 Å². The molecule has 3 heteroatoms. The second-order valence-electron chi connectivity index (χ2n) is 2.30. The van der Waals surface area contributed by atoms with Gasteiger partial charge in [0.25, 0.3) is 0 Å². The summed E-state index contributed by atoms with van der Waals surface area (Å²) in [5.41, 5.74) is -0.887. The number of halogens is 1. The van der Waals surface area contributed by atoms with Crippen molar-refractivity contribution in [3.05, 3.63) is 0 Å². The predicted octanol–water partition coefficient (Wildman–Crippen LogP) is 1.21. The van der Waals surface area contributed by atoms with Crippen LogP contribution in [0.2, 0.25) is 0 Å². The monoisotopic (exact) mass is 135 g/mol. The van der Waals surface area contributed by atoms with Gasteiger partial charge in [-0.2, -0.15) is 0 Å². The van der Waals surface area contributed by atoms with Crippen molar-refractivity contribution < 1.29 is 9.90 Å². The van der Waals surface area contributed by atoms with Gasteiger partial charge in [-0.15, -0.1) is 11.6 Å². The molecule has 0 rings (SSSR count). The van der Waals surface area contributed by atoms with Crippen molar-refractivity contribution in [1.29, 1.82) is 0 Å². The zero-order chi connectivity index (χ0) is 6.78. The van der Waals surface area contributed by atoms with E-state index in [4.69, 9.17) is 11.6 Å². The van der Waals surface area contributed by atoms with Crippen molar-refractivity contribution >= 4 is 17.6 Å². The molecular formula is C5H8ClO2. The van der Waals surface area contributed by atoms with Gasteiger partial charge in [-0.05, 0) is 13.8 Å². The van der Waals surface area contributed by atoms with Crippen LogP contribution in [0.25, 0.3) is 0 Å². The van der Waals surface area contributed by atoms with E-state index in [0.29, 0.717) is 0 Å². The summed E-state index contributed by atoms with van der Waals surface area (Å²) >= 11 is 5.27. The van der Waals surface area contributed by atoms with E-state index in [1.54, 1.807) is 0 Å². The topological polar surface area (TPSA) is 37.0 Å². The van der Waals surface area contributed by atoms with Gasteiger partial charge in [0.05, 0.1) is 5.41 Å². The Balaban J connectivity index is 3.91. The SMILES string of the molecule is CC(C)(CCl)C([O])=O. The van der Waals surface area contributed by atoms with E-state index in [0.717, 1.165) is 0 Å². The van der Waals surface area contributed by atoms with Gasteiger partial charge in [0.1, 0.15) is 0 Å². The molecule has 0 N–H and O–H groups in total. The van der Waals surface area contributed by atoms with E-state index in [2.05, 4.69) is 0 Å². The van der Waals surface area contributed by atoms with Gasteiger partial charge < -0.3 is 0 Å². The number of rotatable bonds is 2. The van der Waals surface area contributed by atoms with E-state index in [9.17, 15) is 9.90 Å². The maximum absolute atomic E-state index is 10.1. The maximum Gasteiger partial charge on any atom is 0.362 e. The number of hydrogen-bond donors (Lipinski definition) is 0. The Labute approximate surface area is 53.5 Å². The van der Waals surface area contributed by atoms with E-state index < -0.39 is 11.4 Å². The summed E-state index contributed by atoms with van der Waals surface area (Å²) in [7, 11) is 0. The van der Waals surface area contributed by atoms with Crippen LogP contribution in [0.4, 0.5) is 0 Å². The second-order valence-corrected chi connectivity index (χ2v) is 2.57. The average Bonchev–Trinajstić information content (AvgIpc) is 1.67. The molecule has 0 aliphatic heterocycles. The number of hydrogen-bond acceptors (Lipinski definition) is 1. The summed E-state index contributed by atoms with van der Waals surface area (Å²) in [5, 5.41) is 10.1. The van der Waals surface area contributed by atoms with Crippen LogP contribution in [0, 0.1) is 5.41 Å². The lowest BCUT2D eigenvalue weighted by Crippen LogP contribution is -2.23. The first-order valence-corrected chi connectivity index (χ1v) is 2.81. The van der Waals surface area contributed by atoms with Gasteiger partial charge in [-0.25, -0.2) is 9.90 Å². The molecule has 8 heavy (non-hydrogen) atoms. The third-order valence-corrected chi connectivity index (χ3v) is 1.55. The van der Waals surface area contributed by atoms with Crippen LogP contribution in [0.1, 0.15) is 13.8 Å². The Morgan fingerprint density at radius 2 is 2.00 bits per heavy atom. The summed E-state index contributed by atoms with van der Waals surface area (Å²) < 4.78 is 0. The van der Waals surface area contributed by atoms with Crippen LogP contribution in [0.15, 0.2) is 0 Å². The van der Waals surface area contributed by atoms with E-state index in [1.807, 2.05) is 0 Å². The highest BCUT2D eigenvalue weighted by atomic mass is 35.5.